The van der Waals surface area contributed by atoms with E-state index in [1.165, 1.54) is 19.2 Å². The van der Waals surface area contributed by atoms with Crippen LogP contribution in [0.1, 0.15) is 44.9 Å². The molecule has 0 saturated heterocycles. The molecule has 1 amide bonds. The lowest BCUT2D eigenvalue weighted by atomic mass is 9.92. The molecule has 0 aromatic heterocycles. The van der Waals surface area contributed by atoms with E-state index in [4.69, 9.17) is 4.74 Å². The summed E-state index contributed by atoms with van der Waals surface area (Å²) in [6.07, 6.45) is 0. The van der Waals surface area contributed by atoms with Crippen molar-refractivity contribution in [2.24, 2.45) is 5.41 Å². The normalized spacial score (nSPS) is 12.5. The lowest BCUT2D eigenvalue weighted by Gasteiger charge is -2.35. The first-order valence-electron chi connectivity index (χ1n) is 12.2. The summed E-state index contributed by atoms with van der Waals surface area (Å²) in [5.41, 5.74) is 2.60. The zero-order chi connectivity index (χ0) is 27.4. The average Bonchev–Trinajstić information content (AvgIpc) is 2.86. The first-order chi connectivity index (χ1) is 17.3. The molecule has 0 heterocycles. The number of hydrogen-bond acceptors (Lipinski definition) is 5. The topological polar surface area (TPSA) is 79.0 Å². The summed E-state index contributed by atoms with van der Waals surface area (Å²) < 4.78 is 33.9. The first kappa shape index (κ1) is 28.1. The molecule has 0 radical (unpaired) electrons. The van der Waals surface area contributed by atoms with Gasteiger partial charge in [-0.2, -0.15) is 0 Å². The van der Waals surface area contributed by atoms with E-state index in [2.05, 4.69) is 4.72 Å². The standard InChI is InChI=1S/C29H37N3O4S/c1-21(22-11-9-8-10-12-22)32(28(33)29(2,3)4)20-23-19-24(13-18-27(23)31(5)6)30-37(34,35)26-16-14-25(36-7)15-17-26/h8-19,21,30H,20H2,1-7H3/t21-/m1/s1. The lowest BCUT2D eigenvalue weighted by molar-refractivity contribution is -0.142. The summed E-state index contributed by atoms with van der Waals surface area (Å²) in [4.78, 5) is 17.6. The van der Waals surface area contributed by atoms with Gasteiger partial charge in [-0.25, -0.2) is 8.42 Å². The lowest BCUT2D eigenvalue weighted by Crippen LogP contribution is -2.40. The number of nitrogens with zero attached hydrogens (tertiary/aromatic N) is 2. The van der Waals surface area contributed by atoms with Crippen molar-refractivity contribution in [1.29, 1.82) is 0 Å². The third-order valence-corrected chi connectivity index (χ3v) is 7.57. The fourth-order valence-electron chi connectivity index (χ4n) is 4.09. The Kier molecular flexibility index (Phi) is 8.53. The van der Waals surface area contributed by atoms with E-state index in [0.717, 1.165) is 16.8 Å². The van der Waals surface area contributed by atoms with Gasteiger partial charge in [0.25, 0.3) is 10.0 Å². The van der Waals surface area contributed by atoms with Crippen molar-refractivity contribution in [1.82, 2.24) is 4.90 Å². The van der Waals surface area contributed by atoms with E-state index in [-0.39, 0.29) is 16.8 Å². The zero-order valence-corrected chi connectivity index (χ0v) is 23.5. The van der Waals surface area contributed by atoms with Crippen molar-refractivity contribution in [2.75, 3.05) is 30.8 Å². The third-order valence-electron chi connectivity index (χ3n) is 6.18. The summed E-state index contributed by atoms with van der Waals surface area (Å²) in [6, 6.07) is 21.4. The van der Waals surface area contributed by atoms with Gasteiger partial charge in [-0.15, -0.1) is 0 Å². The van der Waals surface area contributed by atoms with Gasteiger partial charge in [-0.3, -0.25) is 9.52 Å². The highest BCUT2D eigenvalue weighted by Crippen LogP contribution is 2.32. The molecule has 0 fully saturated rings. The van der Waals surface area contributed by atoms with Crippen LogP contribution in [0.4, 0.5) is 11.4 Å². The van der Waals surface area contributed by atoms with Crippen LogP contribution in [0.2, 0.25) is 0 Å². The number of carbonyl (C=O) groups is 1. The van der Waals surface area contributed by atoms with Crippen LogP contribution in [-0.2, 0) is 21.4 Å². The van der Waals surface area contributed by atoms with Crippen LogP contribution >= 0.6 is 0 Å². The van der Waals surface area contributed by atoms with Crippen molar-refractivity contribution in [3.8, 4) is 5.75 Å². The molecule has 0 saturated carbocycles. The SMILES string of the molecule is COc1ccc(S(=O)(=O)Nc2ccc(N(C)C)c(CN(C(=O)C(C)(C)C)[C@H](C)c3ccccc3)c2)cc1. The molecule has 1 N–H and O–H groups in total. The predicted molar refractivity (Wildman–Crippen MR) is 149 cm³/mol. The molecule has 1 atom stereocenters. The van der Waals surface area contributed by atoms with Gasteiger partial charge in [-0.1, -0.05) is 51.1 Å². The maximum atomic E-state index is 13.6. The number of ether oxygens (including phenoxy) is 1. The minimum atomic E-state index is -3.82. The van der Waals surface area contributed by atoms with Crippen LogP contribution < -0.4 is 14.4 Å². The molecule has 0 aliphatic carbocycles. The number of hydrogen-bond donors (Lipinski definition) is 1. The van der Waals surface area contributed by atoms with Crippen molar-refractivity contribution < 1.29 is 17.9 Å². The number of carbonyl (C=O) groups excluding carboxylic acids is 1. The smallest absolute Gasteiger partial charge is 0.261 e. The van der Waals surface area contributed by atoms with Crippen LogP contribution in [0.25, 0.3) is 0 Å². The van der Waals surface area contributed by atoms with Gasteiger partial charge in [0, 0.05) is 37.4 Å². The summed E-state index contributed by atoms with van der Waals surface area (Å²) in [7, 11) is 1.57. The molecule has 7 nitrogen and oxygen atoms in total. The van der Waals surface area contributed by atoms with E-state index >= 15 is 0 Å². The Bertz CT molecular complexity index is 1320. The molecule has 0 bridgehead atoms. The second-order valence-electron chi connectivity index (χ2n) is 10.3. The highest BCUT2D eigenvalue weighted by atomic mass is 32.2. The molecule has 37 heavy (non-hydrogen) atoms. The largest absolute Gasteiger partial charge is 0.497 e. The van der Waals surface area contributed by atoms with E-state index in [9.17, 15) is 13.2 Å². The number of rotatable bonds is 9. The van der Waals surface area contributed by atoms with Crippen molar-refractivity contribution >= 4 is 27.3 Å². The summed E-state index contributed by atoms with van der Waals surface area (Å²) in [6.45, 7) is 8.06. The highest BCUT2D eigenvalue weighted by Gasteiger charge is 2.31. The Morgan fingerprint density at radius 1 is 0.973 bits per heavy atom. The Labute approximate surface area is 221 Å². The second-order valence-corrected chi connectivity index (χ2v) is 12.0. The molecular weight excluding hydrogens is 486 g/mol. The number of anilines is 2. The summed E-state index contributed by atoms with van der Waals surface area (Å²) in [5, 5.41) is 0. The van der Waals surface area contributed by atoms with Crippen molar-refractivity contribution in [2.45, 2.75) is 45.2 Å². The number of methoxy groups -OCH3 is 1. The first-order valence-corrected chi connectivity index (χ1v) is 13.6. The molecule has 3 aromatic carbocycles. The van der Waals surface area contributed by atoms with Gasteiger partial charge in [0.2, 0.25) is 5.91 Å². The molecule has 0 aliphatic rings. The number of benzene rings is 3. The van der Waals surface area contributed by atoms with Gasteiger partial charge in [0.15, 0.2) is 0 Å². The van der Waals surface area contributed by atoms with Crippen LogP contribution in [0.5, 0.6) is 5.75 Å². The van der Waals surface area contributed by atoms with E-state index < -0.39 is 15.4 Å². The fourth-order valence-corrected chi connectivity index (χ4v) is 5.14. The van der Waals surface area contributed by atoms with E-state index in [1.54, 1.807) is 24.3 Å². The summed E-state index contributed by atoms with van der Waals surface area (Å²) in [5.74, 6) is 0.588. The Balaban J connectivity index is 2.00. The summed E-state index contributed by atoms with van der Waals surface area (Å²) >= 11 is 0. The molecule has 3 aromatic rings. The Morgan fingerprint density at radius 3 is 2.14 bits per heavy atom. The quantitative estimate of drug-likeness (QED) is 0.389. The maximum Gasteiger partial charge on any atom is 0.261 e. The van der Waals surface area contributed by atoms with E-state index in [1.807, 2.05) is 88.0 Å². The van der Waals surface area contributed by atoms with Crippen LogP contribution in [0, 0.1) is 5.41 Å². The number of nitrogens with one attached hydrogen (secondary N) is 1. The molecule has 0 unspecified atom stereocenters. The Hall–Kier alpha value is -3.52. The minimum Gasteiger partial charge on any atom is -0.497 e. The van der Waals surface area contributed by atoms with Crippen molar-refractivity contribution in [3.63, 3.8) is 0 Å². The highest BCUT2D eigenvalue weighted by molar-refractivity contribution is 7.92. The number of sulfonamides is 1. The molecule has 8 heteroatoms. The average molecular weight is 524 g/mol. The molecular formula is C29H37N3O4S. The van der Waals surface area contributed by atoms with Crippen molar-refractivity contribution in [3.05, 3.63) is 83.9 Å². The predicted octanol–water partition coefficient (Wildman–Crippen LogP) is 5.70. The molecule has 198 valence electrons. The minimum absolute atomic E-state index is 0.0118. The van der Waals surface area contributed by atoms with Crippen LogP contribution in [0.15, 0.2) is 77.7 Å². The molecule has 0 spiro atoms. The van der Waals surface area contributed by atoms with Gasteiger partial charge in [0.1, 0.15) is 5.75 Å². The fraction of sp³-hybridized carbons (Fsp3) is 0.345. The molecule has 0 aliphatic heterocycles. The molecule has 3 rings (SSSR count). The van der Waals surface area contributed by atoms with Crippen LogP contribution in [-0.4, -0.2) is 40.4 Å². The Morgan fingerprint density at radius 2 is 1.59 bits per heavy atom. The van der Waals surface area contributed by atoms with E-state index in [0.29, 0.717) is 18.0 Å². The van der Waals surface area contributed by atoms with Gasteiger partial charge >= 0.3 is 0 Å². The zero-order valence-electron chi connectivity index (χ0n) is 22.6. The number of amides is 1. The van der Waals surface area contributed by atoms with Gasteiger partial charge in [-0.05, 0) is 60.5 Å². The monoisotopic (exact) mass is 523 g/mol. The van der Waals surface area contributed by atoms with Crippen LogP contribution in [0.3, 0.4) is 0 Å². The second kappa shape index (κ2) is 11.3. The third kappa shape index (κ3) is 6.83. The van der Waals surface area contributed by atoms with Gasteiger partial charge in [0.05, 0.1) is 18.0 Å². The van der Waals surface area contributed by atoms with Gasteiger partial charge < -0.3 is 14.5 Å². The maximum absolute atomic E-state index is 13.6.